The van der Waals surface area contributed by atoms with Gasteiger partial charge in [0.2, 0.25) is 0 Å². The number of hydrogen-bond donors (Lipinski definition) is 1. The van der Waals surface area contributed by atoms with Crippen LogP contribution >= 0.6 is 0 Å². The van der Waals surface area contributed by atoms with Crippen molar-refractivity contribution in [2.75, 3.05) is 18.9 Å². The first-order valence-corrected chi connectivity index (χ1v) is 6.67. The first kappa shape index (κ1) is 15.4. The molecule has 0 aliphatic heterocycles. The normalized spacial score (nSPS) is 11.1. The average molecular weight is 265 g/mol. The molecule has 1 rings (SSSR count). The summed E-state index contributed by atoms with van der Waals surface area (Å²) in [6.07, 6.45) is 0.936. The zero-order valence-corrected chi connectivity index (χ0v) is 12.1. The number of para-hydroxylation sites is 1. The third kappa shape index (κ3) is 4.21. The van der Waals surface area contributed by atoms with Gasteiger partial charge in [0.15, 0.2) is 0 Å². The average Bonchev–Trinajstić information content (AvgIpc) is 2.36. The van der Waals surface area contributed by atoms with E-state index in [1.807, 2.05) is 20.0 Å². The largest absolute Gasteiger partial charge is 0.379 e. The fourth-order valence-electron chi connectivity index (χ4n) is 1.78. The van der Waals surface area contributed by atoms with Gasteiger partial charge in [-0.25, -0.2) is 0 Å². The van der Waals surface area contributed by atoms with Crippen LogP contribution in [0.5, 0.6) is 0 Å². The summed E-state index contributed by atoms with van der Waals surface area (Å²) in [5.74, 6) is 0. The Hall–Kier alpha value is -1.62. The SMILES string of the molecule is CCCNc1c(CN(C)C(C)C)cccc1[N+](=O)[O-]. The third-order valence-corrected chi connectivity index (χ3v) is 3.18. The number of anilines is 1. The van der Waals surface area contributed by atoms with Crippen LogP contribution in [0.3, 0.4) is 0 Å². The summed E-state index contributed by atoms with van der Waals surface area (Å²) >= 11 is 0. The maximum Gasteiger partial charge on any atom is 0.292 e. The highest BCUT2D eigenvalue weighted by Crippen LogP contribution is 2.29. The van der Waals surface area contributed by atoms with Gasteiger partial charge in [0.25, 0.3) is 5.69 Å². The highest BCUT2D eigenvalue weighted by molar-refractivity contribution is 5.66. The smallest absolute Gasteiger partial charge is 0.292 e. The molecule has 1 aromatic carbocycles. The molecule has 0 aliphatic carbocycles. The molecule has 0 saturated heterocycles. The lowest BCUT2D eigenvalue weighted by Crippen LogP contribution is -2.26. The quantitative estimate of drug-likeness (QED) is 0.607. The number of nitrogens with zero attached hydrogens (tertiary/aromatic N) is 2. The van der Waals surface area contributed by atoms with E-state index < -0.39 is 0 Å². The van der Waals surface area contributed by atoms with Crippen LogP contribution in [0.2, 0.25) is 0 Å². The molecular formula is C14H23N3O2. The van der Waals surface area contributed by atoms with Gasteiger partial charge < -0.3 is 5.32 Å². The van der Waals surface area contributed by atoms with Crippen molar-refractivity contribution in [2.24, 2.45) is 0 Å². The van der Waals surface area contributed by atoms with Crippen LogP contribution in [-0.2, 0) is 6.54 Å². The summed E-state index contributed by atoms with van der Waals surface area (Å²) in [6, 6.07) is 5.65. The van der Waals surface area contributed by atoms with Crippen molar-refractivity contribution in [3.63, 3.8) is 0 Å². The Morgan fingerprint density at radius 2 is 2.11 bits per heavy atom. The van der Waals surface area contributed by atoms with Crippen LogP contribution in [-0.4, -0.2) is 29.5 Å². The summed E-state index contributed by atoms with van der Waals surface area (Å²) in [6.45, 7) is 7.70. The van der Waals surface area contributed by atoms with E-state index in [1.54, 1.807) is 12.1 Å². The van der Waals surface area contributed by atoms with Gasteiger partial charge >= 0.3 is 0 Å². The molecule has 0 unspecified atom stereocenters. The first-order chi connectivity index (χ1) is 8.97. The second-order valence-corrected chi connectivity index (χ2v) is 5.00. The molecule has 1 aromatic rings. The molecule has 0 radical (unpaired) electrons. The molecule has 0 aliphatic rings. The maximum absolute atomic E-state index is 11.1. The minimum absolute atomic E-state index is 0.156. The number of hydrogen-bond acceptors (Lipinski definition) is 4. The topological polar surface area (TPSA) is 58.4 Å². The van der Waals surface area contributed by atoms with E-state index in [2.05, 4.69) is 24.1 Å². The number of benzene rings is 1. The lowest BCUT2D eigenvalue weighted by atomic mass is 10.1. The van der Waals surface area contributed by atoms with E-state index >= 15 is 0 Å². The Labute approximate surface area is 114 Å². The van der Waals surface area contributed by atoms with E-state index in [0.29, 0.717) is 18.3 Å². The summed E-state index contributed by atoms with van der Waals surface area (Å²) < 4.78 is 0. The first-order valence-electron chi connectivity index (χ1n) is 6.67. The van der Waals surface area contributed by atoms with Crippen LogP contribution < -0.4 is 5.32 Å². The summed E-state index contributed by atoms with van der Waals surface area (Å²) in [5.41, 5.74) is 1.78. The van der Waals surface area contributed by atoms with Gasteiger partial charge in [-0.1, -0.05) is 19.1 Å². The molecule has 0 heterocycles. The summed E-state index contributed by atoms with van der Waals surface area (Å²) in [4.78, 5) is 12.9. The number of nitrogens with one attached hydrogen (secondary N) is 1. The second kappa shape index (κ2) is 7.09. The van der Waals surface area contributed by atoms with Crippen LogP contribution in [0.15, 0.2) is 18.2 Å². The van der Waals surface area contributed by atoms with Crippen LogP contribution in [0.25, 0.3) is 0 Å². The molecule has 0 spiro atoms. The van der Waals surface area contributed by atoms with Crippen LogP contribution in [0, 0.1) is 10.1 Å². The highest BCUT2D eigenvalue weighted by Gasteiger charge is 2.18. The van der Waals surface area contributed by atoms with Crippen molar-refractivity contribution in [2.45, 2.75) is 39.8 Å². The standard InChI is InChI=1S/C14H23N3O2/c1-5-9-15-14-12(10-16(4)11(2)3)7-6-8-13(14)17(18)19/h6-8,11,15H,5,9-10H2,1-4H3. The molecule has 5 heteroatoms. The van der Waals surface area contributed by atoms with Gasteiger partial charge in [0.1, 0.15) is 5.69 Å². The van der Waals surface area contributed by atoms with Crippen molar-refractivity contribution >= 4 is 11.4 Å². The van der Waals surface area contributed by atoms with E-state index in [-0.39, 0.29) is 10.6 Å². The predicted octanol–water partition coefficient (Wildman–Crippen LogP) is 3.26. The van der Waals surface area contributed by atoms with Crippen molar-refractivity contribution < 1.29 is 4.92 Å². The predicted molar refractivity (Wildman–Crippen MR) is 78.5 cm³/mol. The Morgan fingerprint density at radius 1 is 1.42 bits per heavy atom. The summed E-state index contributed by atoms with van der Waals surface area (Å²) in [5, 5.41) is 14.3. The Morgan fingerprint density at radius 3 is 2.63 bits per heavy atom. The summed E-state index contributed by atoms with van der Waals surface area (Å²) in [7, 11) is 2.02. The molecule has 106 valence electrons. The maximum atomic E-state index is 11.1. The molecule has 0 bridgehead atoms. The van der Waals surface area contributed by atoms with Crippen LogP contribution in [0.4, 0.5) is 11.4 Å². The molecule has 5 nitrogen and oxygen atoms in total. The molecule has 0 amide bonds. The third-order valence-electron chi connectivity index (χ3n) is 3.18. The van der Waals surface area contributed by atoms with Gasteiger partial charge in [0, 0.05) is 25.2 Å². The zero-order chi connectivity index (χ0) is 14.4. The zero-order valence-electron chi connectivity index (χ0n) is 12.1. The van der Waals surface area contributed by atoms with Crippen LogP contribution in [0.1, 0.15) is 32.8 Å². The fraction of sp³-hybridized carbons (Fsp3) is 0.571. The molecule has 0 aromatic heterocycles. The lowest BCUT2D eigenvalue weighted by molar-refractivity contribution is -0.384. The fourth-order valence-corrected chi connectivity index (χ4v) is 1.78. The monoisotopic (exact) mass is 265 g/mol. The van der Waals surface area contributed by atoms with E-state index in [4.69, 9.17) is 0 Å². The van der Waals surface area contributed by atoms with Crippen molar-refractivity contribution in [1.82, 2.24) is 4.90 Å². The number of rotatable bonds is 7. The molecule has 0 fully saturated rings. The van der Waals surface area contributed by atoms with Gasteiger partial charge in [-0.3, -0.25) is 15.0 Å². The number of nitro benzene ring substituents is 1. The molecule has 0 saturated carbocycles. The molecule has 1 N–H and O–H groups in total. The highest BCUT2D eigenvalue weighted by atomic mass is 16.6. The Kier molecular flexibility index (Phi) is 5.76. The molecule has 0 atom stereocenters. The van der Waals surface area contributed by atoms with Crippen molar-refractivity contribution in [1.29, 1.82) is 0 Å². The van der Waals surface area contributed by atoms with Gasteiger partial charge in [-0.2, -0.15) is 0 Å². The van der Waals surface area contributed by atoms with E-state index in [1.165, 1.54) is 0 Å². The van der Waals surface area contributed by atoms with Gasteiger partial charge in [0.05, 0.1) is 4.92 Å². The van der Waals surface area contributed by atoms with Gasteiger partial charge in [-0.05, 0) is 32.9 Å². The minimum Gasteiger partial charge on any atom is -0.379 e. The van der Waals surface area contributed by atoms with E-state index in [9.17, 15) is 10.1 Å². The van der Waals surface area contributed by atoms with Crippen molar-refractivity contribution in [3.8, 4) is 0 Å². The molecule has 19 heavy (non-hydrogen) atoms. The minimum atomic E-state index is -0.323. The second-order valence-electron chi connectivity index (χ2n) is 5.00. The number of nitro groups is 1. The lowest BCUT2D eigenvalue weighted by Gasteiger charge is -2.22. The van der Waals surface area contributed by atoms with E-state index in [0.717, 1.165) is 18.5 Å². The van der Waals surface area contributed by atoms with Crippen molar-refractivity contribution in [3.05, 3.63) is 33.9 Å². The van der Waals surface area contributed by atoms with Gasteiger partial charge in [-0.15, -0.1) is 0 Å². The Balaban J connectivity index is 3.07. The Bertz CT molecular complexity index is 433. The molecular weight excluding hydrogens is 242 g/mol.